The Morgan fingerprint density at radius 1 is 1.12 bits per heavy atom. The highest BCUT2D eigenvalue weighted by atomic mass is 19.4. The number of rotatable bonds is 5. The summed E-state index contributed by atoms with van der Waals surface area (Å²) in [4.78, 5) is 24.6. The molecule has 168 valence electrons. The fourth-order valence-corrected chi connectivity index (χ4v) is 3.87. The van der Waals surface area contributed by atoms with E-state index in [9.17, 15) is 18.0 Å². The molecule has 1 aromatic carbocycles. The molecular formula is C21H22F3N7O. The van der Waals surface area contributed by atoms with Crippen LogP contribution in [0.5, 0.6) is 0 Å². The van der Waals surface area contributed by atoms with E-state index >= 15 is 0 Å². The summed E-state index contributed by atoms with van der Waals surface area (Å²) in [6.07, 6.45) is -4.18. The van der Waals surface area contributed by atoms with E-state index < -0.39 is 12.0 Å². The summed E-state index contributed by atoms with van der Waals surface area (Å²) in [5.74, 6) is -0.805. The molecule has 1 N–H and O–H groups in total. The van der Waals surface area contributed by atoms with Crippen LogP contribution >= 0.6 is 0 Å². The average molecular weight is 445 g/mol. The van der Waals surface area contributed by atoms with Crippen molar-refractivity contribution in [2.24, 2.45) is 7.05 Å². The Labute approximate surface area is 181 Å². The van der Waals surface area contributed by atoms with Gasteiger partial charge in [-0.05, 0) is 44.4 Å². The van der Waals surface area contributed by atoms with Gasteiger partial charge in [0.15, 0.2) is 0 Å². The van der Waals surface area contributed by atoms with Gasteiger partial charge in [0.1, 0.15) is 5.82 Å². The van der Waals surface area contributed by atoms with Crippen molar-refractivity contribution in [3.05, 3.63) is 52.4 Å². The number of carbonyl (C=O) groups excluding carboxylic acids is 1. The van der Waals surface area contributed by atoms with Crippen LogP contribution in [0.15, 0.2) is 18.2 Å². The number of aromatic nitrogens is 6. The third-order valence-corrected chi connectivity index (χ3v) is 5.54. The first-order chi connectivity index (χ1) is 15.1. The lowest BCUT2D eigenvalue weighted by Gasteiger charge is -2.10. The van der Waals surface area contributed by atoms with Crippen LogP contribution < -0.4 is 5.32 Å². The molecule has 0 fully saturated rings. The van der Waals surface area contributed by atoms with Gasteiger partial charge in [-0.1, -0.05) is 12.1 Å². The maximum atomic E-state index is 12.9. The molecule has 0 bridgehead atoms. The molecule has 4 aromatic rings. The van der Waals surface area contributed by atoms with Crippen LogP contribution in [0.25, 0.3) is 16.8 Å². The van der Waals surface area contributed by atoms with Gasteiger partial charge in [-0.15, -0.1) is 5.10 Å². The van der Waals surface area contributed by atoms with E-state index in [4.69, 9.17) is 0 Å². The van der Waals surface area contributed by atoms with E-state index in [0.717, 1.165) is 26.9 Å². The molecule has 0 radical (unpaired) electrons. The summed E-state index contributed by atoms with van der Waals surface area (Å²) in [6.45, 7) is 5.61. The molecule has 0 aliphatic rings. The second-order valence-corrected chi connectivity index (χ2v) is 7.71. The van der Waals surface area contributed by atoms with Crippen LogP contribution in [0, 0.1) is 20.8 Å². The normalized spacial score (nSPS) is 12.1. The molecule has 0 saturated carbocycles. The number of imidazole rings is 1. The van der Waals surface area contributed by atoms with Gasteiger partial charge in [0.05, 0.1) is 17.6 Å². The molecule has 1 amide bonds. The fraction of sp³-hybridized carbons (Fsp3) is 0.381. The number of aryl methyl sites for hydroxylation is 4. The molecule has 3 aromatic heterocycles. The quantitative estimate of drug-likeness (QED) is 0.510. The summed E-state index contributed by atoms with van der Waals surface area (Å²) < 4.78 is 41.8. The molecule has 0 spiro atoms. The summed E-state index contributed by atoms with van der Waals surface area (Å²) in [5.41, 5.74) is 4.67. The smallest absolute Gasteiger partial charge is 0.349 e. The Morgan fingerprint density at radius 2 is 1.88 bits per heavy atom. The maximum Gasteiger partial charge on any atom is 0.453 e. The van der Waals surface area contributed by atoms with Crippen molar-refractivity contribution in [3.63, 3.8) is 0 Å². The van der Waals surface area contributed by atoms with E-state index in [1.807, 2.05) is 36.7 Å². The van der Waals surface area contributed by atoms with Gasteiger partial charge < -0.3 is 9.88 Å². The van der Waals surface area contributed by atoms with E-state index in [-0.39, 0.29) is 24.7 Å². The minimum Gasteiger partial charge on any atom is -0.349 e. The largest absolute Gasteiger partial charge is 0.453 e. The second kappa shape index (κ2) is 7.88. The number of halogens is 3. The van der Waals surface area contributed by atoms with Gasteiger partial charge in [-0.2, -0.15) is 18.2 Å². The van der Waals surface area contributed by atoms with Gasteiger partial charge in [0.2, 0.25) is 5.91 Å². The van der Waals surface area contributed by atoms with Gasteiger partial charge >= 0.3 is 6.18 Å². The number of nitrogens with one attached hydrogen (secondary N) is 1. The van der Waals surface area contributed by atoms with Gasteiger partial charge in [-0.25, -0.2) is 14.5 Å². The van der Waals surface area contributed by atoms with Gasteiger partial charge in [-0.3, -0.25) is 4.79 Å². The summed E-state index contributed by atoms with van der Waals surface area (Å²) in [7, 11) is 1.91. The zero-order valence-electron chi connectivity index (χ0n) is 18.1. The zero-order valence-corrected chi connectivity index (χ0v) is 18.1. The summed E-state index contributed by atoms with van der Waals surface area (Å²) in [5, 5.41) is 6.40. The third-order valence-electron chi connectivity index (χ3n) is 5.54. The summed E-state index contributed by atoms with van der Waals surface area (Å²) >= 11 is 0. The standard InChI is InChI=1S/C21H22F3N7O/c1-11-6-5-7-15-18(11)30(4)16(27-15)10-25-17(32)9-8-14-12(2)26-20-28-19(21(22,23)24)29-31(20)13(14)3/h5-7H,8-10H2,1-4H3,(H,25,32). The van der Waals surface area contributed by atoms with Crippen molar-refractivity contribution in [3.8, 4) is 0 Å². The Morgan fingerprint density at radius 3 is 2.56 bits per heavy atom. The van der Waals surface area contributed by atoms with Crippen molar-refractivity contribution < 1.29 is 18.0 Å². The van der Waals surface area contributed by atoms with Crippen molar-refractivity contribution in [2.75, 3.05) is 0 Å². The highest BCUT2D eigenvalue weighted by Gasteiger charge is 2.37. The Kier molecular flexibility index (Phi) is 5.35. The fourth-order valence-electron chi connectivity index (χ4n) is 3.87. The molecule has 0 unspecified atom stereocenters. The number of hydrogen-bond acceptors (Lipinski definition) is 5. The van der Waals surface area contributed by atoms with E-state index in [2.05, 4.69) is 25.4 Å². The zero-order chi connectivity index (χ0) is 23.2. The SMILES string of the molecule is Cc1nc2nc(C(F)(F)F)nn2c(C)c1CCC(=O)NCc1nc2cccc(C)c2n1C. The predicted molar refractivity (Wildman–Crippen MR) is 111 cm³/mol. The van der Waals surface area contributed by atoms with Crippen LogP contribution in [0.2, 0.25) is 0 Å². The van der Waals surface area contributed by atoms with Crippen LogP contribution in [0.1, 0.15) is 40.6 Å². The van der Waals surface area contributed by atoms with E-state index in [0.29, 0.717) is 23.4 Å². The molecule has 0 aliphatic heterocycles. The molecule has 0 atom stereocenters. The number of fused-ring (bicyclic) bond motifs is 2. The van der Waals surface area contributed by atoms with Gasteiger partial charge in [0, 0.05) is 24.9 Å². The van der Waals surface area contributed by atoms with E-state index in [1.54, 1.807) is 13.8 Å². The lowest BCUT2D eigenvalue weighted by atomic mass is 10.1. The van der Waals surface area contributed by atoms with Crippen LogP contribution in [0.4, 0.5) is 13.2 Å². The van der Waals surface area contributed by atoms with Crippen LogP contribution in [-0.4, -0.2) is 35.0 Å². The number of para-hydroxylation sites is 1. The monoisotopic (exact) mass is 445 g/mol. The molecule has 0 saturated heterocycles. The lowest BCUT2D eigenvalue weighted by Crippen LogP contribution is -2.25. The Bertz CT molecular complexity index is 1340. The van der Waals surface area contributed by atoms with Crippen molar-refractivity contribution in [1.29, 1.82) is 0 Å². The number of amides is 1. The predicted octanol–water partition coefficient (Wildman–Crippen LogP) is 3.20. The molecular weight excluding hydrogens is 423 g/mol. The van der Waals surface area contributed by atoms with Gasteiger partial charge in [0.25, 0.3) is 11.6 Å². The molecule has 3 heterocycles. The molecule has 8 nitrogen and oxygen atoms in total. The molecule has 11 heteroatoms. The first-order valence-corrected chi connectivity index (χ1v) is 10.0. The highest BCUT2D eigenvalue weighted by molar-refractivity contribution is 5.80. The van der Waals surface area contributed by atoms with Crippen molar-refractivity contribution in [2.45, 2.75) is 46.3 Å². The lowest BCUT2D eigenvalue weighted by molar-refractivity contribution is -0.144. The number of carbonyl (C=O) groups is 1. The first-order valence-electron chi connectivity index (χ1n) is 10.0. The summed E-state index contributed by atoms with van der Waals surface area (Å²) in [6, 6.07) is 5.88. The van der Waals surface area contributed by atoms with Crippen molar-refractivity contribution >= 4 is 22.7 Å². The number of alkyl halides is 3. The van der Waals surface area contributed by atoms with Crippen LogP contribution in [0.3, 0.4) is 0 Å². The number of nitrogens with zero attached hydrogens (tertiary/aromatic N) is 6. The second-order valence-electron chi connectivity index (χ2n) is 7.71. The number of benzene rings is 1. The highest BCUT2D eigenvalue weighted by Crippen LogP contribution is 2.27. The average Bonchev–Trinajstić information content (AvgIpc) is 3.28. The maximum absolute atomic E-state index is 12.9. The molecule has 32 heavy (non-hydrogen) atoms. The van der Waals surface area contributed by atoms with E-state index in [1.165, 1.54) is 0 Å². The third kappa shape index (κ3) is 3.90. The topological polar surface area (TPSA) is 90.0 Å². The first kappa shape index (κ1) is 21.7. The molecule has 4 rings (SSSR count). The minimum atomic E-state index is -4.65. The Hall–Kier alpha value is -3.50. The van der Waals surface area contributed by atoms with Crippen LogP contribution in [-0.2, 0) is 31.0 Å². The minimum absolute atomic E-state index is 0.113. The molecule has 0 aliphatic carbocycles. The Balaban J connectivity index is 1.46. The number of hydrogen-bond donors (Lipinski definition) is 1. The van der Waals surface area contributed by atoms with Crippen molar-refractivity contribution in [1.82, 2.24) is 34.4 Å².